The lowest BCUT2D eigenvalue weighted by Crippen LogP contribution is -2.53. The van der Waals surface area contributed by atoms with Gasteiger partial charge in [0.15, 0.2) is 0 Å². The Balaban J connectivity index is 1.81. The summed E-state index contributed by atoms with van der Waals surface area (Å²) in [6.45, 7) is 5.87. The molecule has 4 aromatic carbocycles. The number of halogens is 1. The first-order valence-corrected chi connectivity index (χ1v) is 17.4. The number of anilines is 1. The Morgan fingerprint density at radius 1 is 0.913 bits per heavy atom. The second kappa shape index (κ2) is 15.9. The third-order valence-corrected chi connectivity index (χ3v) is 10.1. The van der Waals surface area contributed by atoms with Gasteiger partial charge in [0.2, 0.25) is 11.8 Å². The number of carbonyl (C=O) groups is 2. The predicted molar refractivity (Wildman–Crippen MR) is 185 cm³/mol. The smallest absolute Gasteiger partial charge is 0.264 e. The molecule has 0 saturated carbocycles. The van der Waals surface area contributed by atoms with E-state index in [0.29, 0.717) is 22.5 Å². The maximum absolute atomic E-state index is 14.6. The van der Waals surface area contributed by atoms with E-state index in [1.807, 2.05) is 75.4 Å². The summed E-state index contributed by atoms with van der Waals surface area (Å²) < 4.78 is 35.5. The van der Waals surface area contributed by atoms with Gasteiger partial charge in [-0.3, -0.25) is 13.9 Å². The fraction of sp³-hybridized carbons (Fsp3) is 0.278. The molecule has 10 heteroatoms. The van der Waals surface area contributed by atoms with E-state index >= 15 is 0 Å². The van der Waals surface area contributed by atoms with Crippen LogP contribution in [0.4, 0.5) is 5.69 Å². The number of nitrogens with zero attached hydrogens (tertiary/aromatic N) is 2. The Kier molecular flexibility index (Phi) is 12.0. The second-order valence-electron chi connectivity index (χ2n) is 11.1. The van der Waals surface area contributed by atoms with Crippen molar-refractivity contribution in [2.45, 2.75) is 51.1 Å². The average molecular weight is 707 g/mol. The molecule has 0 aliphatic rings. The van der Waals surface area contributed by atoms with Crippen LogP contribution < -0.4 is 14.4 Å². The lowest BCUT2D eigenvalue weighted by Gasteiger charge is -2.34. The number of methoxy groups -OCH3 is 1. The molecular formula is C36H40BrN3O5S. The van der Waals surface area contributed by atoms with Gasteiger partial charge in [-0.15, -0.1) is 0 Å². The van der Waals surface area contributed by atoms with Crippen LogP contribution in [0.1, 0.15) is 35.6 Å². The second-order valence-corrected chi connectivity index (χ2v) is 13.8. The number of ether oxygens (including phenoxy) is 1. The number of sulfonamides is 1. The highest BCUT2D eigenvalue weighted by molar-refractivity contribution is 9.10. The molecule has 0 unspecified atom stereocenters. The third-order valence-electron chi connectivity index (χ3n) is 7.73. The van der Waals surface area contributed by atoms with E-state index in [2.05, 4.69) is 21.2 Å². The molecule has 0 aliphatic heterocycles. The van der Waals surface area contributed by atoms with E-state index in [4.69, 9.17) is 4.74 Å². The zero-order valence-electron chi connectivity index (χ0n) is 26.6. The fourth-order valence-electron chi connectivity index (χ4n) is 5.07. The van der Waals surface area contributed by atoms with E-state index in [9.17, 15) is 18.0 Å². The lowest BCUT2D eigenvalue weighted by molar-refractivity contribution is -0.140. The van der Waals surface area contributed by atoms with Crippen molar-refractivity contribution in [3.63, 3.8) is 0 Å². The molecule has 0 radical (unpaired) electrons. The Hall–Kier alpha value is -4.15. The van der Waals surface area contributed by atoms with Crippen LogP contribution in [0.15, 0.2) is 106 Å². The first-order chi connectivity index (χ1) is 22.0. The van der Waals surface area contributed by atoms with Crippen molar-refractivity contribution < 1.29 is 22.7 Å². The Bertz CT molecular complexity index is 1750. The van der Waals surface area contributed by atoms with Crippen molar-refractivity contribution >= 4 is 43.5 Å². The van der Waals surface area contributed by atoms with Crippen LogP contribution in [0.5, 0.6) is 5.75 Å². The molecule has 0 spiro atoms. The largest absolute Gasteiger partial charge is 0.496 e. The highest BCUT2D eigenvalue weighted by atomic mass is 79.9. The fourth-order valence-corrected chi connectivity index (χ4v) is 7.20. The number of aryl methyl sites for hydroxylation is 2. The molecule has 1 N–H and O–H groups in total. The summed E-state index contributed by atoms with van der Waals surface area (Å²) in [6.07, 6.45) is 0.989. The van der Waals surface area contributed by atoms with Gasteiger partial charge in [0, 0.05) is 19.5 Å². The minimum absolute atomic E-state index is 0.0134. The van der Waals surface area contributed by atoms with Crippen LogP contribution in [0.3, 0.4) is 0 Å². The summed E-state index contributed by atoms with van der Waals surface area (Å²) in [7, 11) is -2.75. The van der Waals surface area contributed by atoms with Crippen molar-refractivity contribution in [1.29, 1.82) is 0 Å². The zero-order chi connectivity index (χ0) is 33.3. The molecule has 0 heterocycles. The molecule has 0 fully saturated rings. The predicted octanol–water partition coefficient (Wildman–Crippen LogP) is 6.44. The number of rotatable bonds is 14. The molecule has 0 saturated heterocycles. The summed E-state index contributed by atoms with van der Waals surface area (Å²) in [5.41, 5.74) is 3.97. The molecule has 2 amide bonds. The normalized spacial score (nSPS) is 11.8. The van der Waals surface area contributed by atoms with Gasteiger partial charge >= 0.3 is 0 Å². The van der Waals surface area contributed by atoms with Crippen LogP contribution in [0.25, 0.3) is 0 Å². The maximum Gasteiger partial charge on any atom is 0.264 e. The summed E-state index contributed by atoms with van der Waals surface area (Å²) in [4.78, 5) is 29.9. The van der Waals surface area contributed by atoms with Gasteiger partial charge in [0.25, 0.3) is 10.0 Å². The van der Waals surface area contributed by atoms with Gasteiger partial charge in [0.05, 0.1) is 22.2 Å². The van der Waals surface area contributed by atoms with Crippen LogP contribution in [-0.2, 0) is 32.6 Å². The molecule has 8 nitrogen and oxygen atoms in total. The highest BCUT2D eigenvalue weighted by Crippen LogP contribution is 2.31. The van der Waals surface area contributed by atoms with Crippen LogP contribution in [0.2, 0.25) is 0 Å². The molecule has 0 aromatic heterocycles. The van der Waals surface area contributed by atoms with Crippen LogP contribution >= 0.6 is 15.9 Å². The molecule has 46 heavy (non-hydrogen) atoms. The standard InChI is InChI=1S/C36H40BrN3O5S/c1-5-21-38-36(42)33(22-28-12-7-6-8-13-28)39(24-29-14-10-9-11-27(29)3)35(41)25-40(30-17-15-26(2)16-18-30)46(43,44)31-19-20-34(45-4)32(37)23-31/h6-20,23,33H,5,21-22,24-25H2,1-4H3,(H,38,42)/t33-/m0/s1. The van der Waals surface area contributed by atoms with Crippen molar-refractivity contribution in [2.75, 3.05) is 24.5 Å². The zero-order valence-corrected chi connectivity index (χ0v) is 29.0. The summed E-state index contributed by atoms with van der Waals surface area (Å²) in [5.74, 6) is -0.327. The van der Waals surface area contributed by atoms with Crippen LogP contribution in [0, 0.1) is 13.8 Å². The lowest BCUT2D eigenvalue weighted by atomic mass is 10.0. The summed E-state index contributed by atoms with van der Waals surface area (Å²) in [6, 6.07) is 27.7. The van der Waals surface area contributed by atoms with E-state index < -0.39 is 28.5 Å². The van der Waals surface area contributed by atoms with E-state index in [0.717, 1.165) is 33.0 Å². The minimum Gasteiger partial charge on any atom is -0.496 e. The molecule has 0 bridgehead atoms. The van der Waals surface area contributed by atoms with Gasteiger partial charge in [-0.25, -0.2) is 8.42 Å². The van der Waals surface area contributed by atoms with Gasteiger partial charge in [-0.1, -0.05) is 79.2 Å². The number of nitrogens with one attached hydrogen (secondary N) is 1. The van der Waals surface area contributed by atoms with Crippen LogP contribution in [-0.4, -0.2) is 51.4 Å². The quantitative estimate of drug-likeness (QED) is 0.163. The van der Waals surface area contributed by atoms with Crippen molar-refractivity contribution in [2.24, 2.45) is 0 Å². The summed E-state index contributed by atoms with van der Waals surface area (Å²) in [5, 5.41) is 2.97. The third kappa shape index (κ3) is 8.55. The molecule has 242 valence electrons. The van der Waals surface area contributed by atoms with E-state index in [1.54, 1.807) is 30.3 Å². The van der Waals surface area contributed by atoms with E-state index in [-0.39, 0.29) is 23.8 Å². The Labute approximate surface area is 280 Å². The Morgan fingerprint density at radius 2 is 1.59 bits per heavy atom. The molecular weight excluding hydrogens is 666 g/mol. The van der Waals surface area contributed by atoms with Gasteiger partial charge < -0.3 is 15.0 Å². The number of carbonyl (C=O) groups excluding carboxylic acids is 2. The Morgan fingerprint density at radius 3 is 2.22 bits per heavy atom. The molecule has 4 rings (SSSR count). The van der Waals surface area contributed by atoms with Gasteiger partial charge in [-0.05, 0) is 83.2 Å². The SMILES string of the molecule is CCCNC(=O)[C@H](Cc1ccccc1)N(Cc1ccccc1C)C(=O)CN(c1ccc(C)cc1)S(=O)(=O)c1ccc(OC)c(Br)c1. The number of hydrogen-bond donors (Lipinski definition) is 1. The van der Waals surface area contributed by atoms with Gasteiger partial charge in [0.1, 0.15) is 18.3 Å². The highest BCUT2D eigenvalue weighted by Gasteiger charge is 2.35. The van der Waals surface area contributed by atoms with Crippen molar-refractivity contribution in [1.82, 2.24) is 10.2 Å². The summed E-state index contributed by atoms with van der Waals surface area (Å²) >= 11 is 3.39. The van der Waals surface area contributed by atoms with E-state index in [1.165, 1.54) is 24.1 Å². The minimum atomic E-state index is -4.24. The maximum atomic E-state index is 14.6. The van der Waals surface area contributed by atoms with Gasteiger partial charge in [-0.2, -0.15) is 0 Å². The monoisotopic (exact) mass is 705 g/mol. The average Bonchev–Trinajstić information content (AvgIpc) is 3.05. The first kappa shape index (κ1) is 34.7. The molecule has 1 atom stereocenters. The number of hydrogen-bond acceptors (Lipinski definition) is 5. The molecule has 0 aliphatic carbocycles. The number of benzene rings is 4. The number of amides is 2. The molecule has 4 aromatic rings. The van der Waals surface area contributed by atoms with Crippen molar-refractivity contribution in [3.8, 4) is 5.75 Å². The first-order valence-electron chi connectivity index (χ1n) is 15.1. The topological polar surface area (TPSA) is 96.0 Å². The van der Waals surface area contributed by atoms with Crippen molar-refractivity contribution in [3.05, 3.63) is 124 Å².